The third kappa shape index (κ3) is 6.75. The molecule has 0 aromatic carbocycles. The second kappa shape index (κ2) is 9.97. The van der Waals surface area contributed by atoms with Gasteiger partial charge in [0, 0.05) is 31.9 Å². The van der Waals surface area contributed by atoms with E-state index in [0.29, 0.717) is 6.04 Å². The Bertz CT molecular complexity index is 463. The largest absolute Gasteiger partial charge is 0.375 e. The first kappa shape index (κ1) is 19.2. The van der Waals surface area contributed by atoms with E-state index in [1.165, 1.54) is 31.4 Å². The molecule has 0 saturated carbocycles. The Morgan fingerprint density at radius 1 is 1.38 bits per heavy atom. The lowest BCUT2D eigenvalue weighted by Crippen LogP contribution is -2.41. The SMILES string of the molecule is C[C@H](CCCCN(C)C)NCc1ccc(N2CCO[C@H](C)C2)nc1. The Morgan fingerprint density at radius 2 is 2.21 bits per heavy atom. The Kier molecular flexibility index (Phi) is 7.95. The minimum absolute atomic E-state index is 0.287. The molecule has 2 heterocycles. The van der Waals surface area contributed by atoms with Gasteiger partial charge in [-0.1, -0.05) is 12.5 Å². The molecule has 1 saturated heterocycles. The molecule has 1 N–H and O–H groups in total. The van der Waals surface area contributed by atoms with E-state index in [1.807, 2.05) is 6.20 Å². The van der Waals surface area contributed by atoms with Crippen molar-refractivity contribution in [1.82, 2.24) is 15.2 Å². The van der Waals surface area contributed by atoms with Crippen LogP contribution in [0, 0.1) is 0 Å². The third-order valence-corrected chi connectivity index (χ3v) is 4.52. The summed E-state index contributed by atoms with van der Waals surface area (Å²) in [6, 6.07) is 4.87. The maximum absolute atomic E-state index is 5.59. The third-order valence-electron chi connectivity index (χ3n) is 4.52. The van der Waals surface area contributed by atoms with Crippen molar-refractivity contribution in [2.75, 3.05) is 45.2 Å². The van der Waals surface area contributed by atoms with E-state index in [0.717, 1.165) is 32.1 Å². The van der Waals surface area contributed by atoms with Crippen molar-refractivity contribution < 1.29 is 4.74 Å². The molecule has 0 unspecified atom stereocenters. The van der Waals surface area contributed by atoms with Crippen LogP contribution >= 0.6 is 0 Å². The van der Waals surface area contributed by atoms with Gasteiger partial charge in [0.25, 0.3) is 0 Å². The number of ether oxygens (including phenoxy) is 1. The molecule has 0 amide bonds. The van der Waals surface area contributed by atoms with Gasteiger partial charge < -0.3 is 19.9 Å². The minimum atomic E-state index is 0.287. The first-order valence-electron chi connectivity index (χ1n) is 9.24. The Hall–Kier alpha value is -1.17. The van der Waals surface area contributed by atoms with Crippen LogP contribution in [-0.4, -0.2) is 62.4 Å². The molecule has 1 aromatic rings. The van der Waals surface area contributed by atoms with Crippen LogP contribution in [0.4, 0.5) is 5.82 Å². The number of rotatable bonds is 9. The van der Waals surface area contributed by atoms with Crippen molar-refractivity contribution in [3.05, 3.63) is 23.9 Å². The summed E-state index contributed by atoms with van der Waals surface area (Å²) < 4.78 is 5.59. The van der Waals surface area contributed by atoms with Gasteiger partial charge in [-0.15, -0.1) is 0 Å². The van der Waals surface area contributed by atoms with Crippen LogP contribution in [0.2, 0.25) is 0 Å². The average molecular weight is 335 g/mol. The fourth-order valence-corrected chi connectivity index (χ4v) is 3.01. The lowest BCUT2D eigenvalue weighted by Gasteiger charge is -2.32. The zero-order valence-corrected chi connectivity index (χ0v) is 15.8. The van der Waals surface area contributed by atoms with E-state index in [-0.39, 0.29) is 6.10 Å². The molecule has 1 aromatic heterocycles. The molecule has 0 radical (unpaired) electrons. The second-order valence-corrected chi connectivity index (χ2v) is 7.23. The fraction of sp³-hybridized carbons (Fsp3) is 0.737. The molecule has 24 heavy (non-hydrogen) atoms. The number of nitrogens with one attached hydrogen (secondary N) is 1. The van der Waals surface area contributed by atoms with E-state index < -0.39 is 0 Å². The van der Waals surface area contributed by atoms with Crippen molar-refractivity contribution in [2.24, 2.45) is 0 Å². The standard InChI is InChI=1S/C19H34N4O/c1-16(7-5-6-10-22(3)4)20-13-18-8-9-19(21-14-18)23-11-12-24-17(2)15-23/h8-9,14,16-17,20H,5-7,10-13,15H2,1-4H3/t16-,17-/m1/s1. The molecule has 0 bridgehead atoms. The van der Waals surface area contributed by atoms with Crippen LogP contribution in [0.25, 0.3) is 0 Å². The zero-order chi connectivity index (χ0) is 17.4. The normalized spacial score (nSPS) is 19.7. The van der Waals surface area contributed by atoms with Crippen molar-refractivity contribution >= 4 is 5.82 Å². The molecule has 2 rings (SSSR count). The Labute approximate surface area is 147 Å². The maximum atomic E-state index is 5.59. The van der Waals surface area contributed by atoms with Crippen molar-refractivity contribution in [3.8, 4) is 0 Å². The first-order chi connectivity index (χ1) is 11.5. The van der Waals surface area contributed by atoms with E-state index in [9.17, 15) is 0 Å². The van der Waals surface area contributed by atoms with Gasteiger partial charge in [0.15, 0.2) is 0 Å². The van der Waals surface area contributed by atoms with Gasteiger partial charge in [-0.2, -0.15) is 0 Å². The summed E-state index contributed by atoms with van der Waals surface area (Å²) >= 11 is 0. The smallest absolute Gasteiger partial charge is 0.128 e. The highest BCUT2D eigenvalue weighted by Gasteiger charge is 2.17. The average Bonchev–Trinajstić information content (AvgIpc) is 2.57. The summed E-state index contributed by atoms with van der Waals surface area (Å²) in [7, 11) is 4.27. The van der Waals surface area contributed by atoms with Crippen LogP contribution < -0.4 is 10.2 Å². The number of anilines is 1. The minimum Gasteiger partial charge on any atom is -0.375 e. The quantitative estimate of drug-likeness (QED) is 0.703. The first-order valence-corrected chi connectivity index (χ1v) is 9.24. The predicted molar refractivity (Wildman–Crippen MR) is 101 cm³/mol. The van der Waals surface area contributed by atoms with Crippen LogP contribution in [0.3, 0.4) is 0 Å². The highest BCUT2D eigenvalue weighted by atomic mass is 16.5. The van der Waals surface area contributed by atoms with Crippen molar-refractivity contribution in [2.45, 2.75) is 51.8 Å². The van der Waals surface area contributed by atoms with E-state index in [1.54, 1.807) is 0 Å². The number of unbranched alkanes of at least 4 members (excludes halogenated alkanes) is 1. The van der Waals surface area contributed by atoms with Gasteiger partial charge in [0.05, 0.1) is 12.7 Å². The van der Waals surface area contributed by atoms with E-state index in [2.05, 4.69) is 60.2 Å². The van der Waals surface area contributed by atoms with Gasteiger partial charge in [0.1, 0.15) is 5.82 Å². The molecule has 1 aliphatic rings. The highest BCUT2D eigenvalue weighted by molar-refractivity contribution is 5.39. The topological polar surface area (TPSA) is 40.6 Å². The van der Waals surface area contributed by atoms with E-state index >= 15 is 0 Å². The summed E-state index contributed by atoms with van der Waals surface area (Å²) in [5, 5.41) is 3.61. The summed E-state index contributed by atoms with van der Waals surface area (Å²) in [6.07, 6.45) is 6.06. The monoisotopic (exact) mass is 334 g/mol. The summed E-state index contributed by atoms with van der Waals surface area (Å²) in [6.45, 7) is 9.10. The highest BCUT2D eigenvalue weighted by Crippen LogP contribution is 2.15. The molecule has 0 aliphatic carbocycles. The number of morpholine rings is 1. The maximum Gasteiger partial charge on any atom is 0.128 e. The fourth-order valence-electron chi connectivity index (χ4n) is 3.01. The molecule has 5 heteroatoms. The molecular weight excluding hydrogens is 300 g/mol. The summed E-state index contributed by atoms with van der Waals surface area (Å²) in [5.41, 5.74) is 1.25. The van der Waals surface area contributed by atoms with Crippen LogP contribution in [-0.2, 0) is 11.3 Å². The van der Waals surface area contributed by atoms with E-state index in [4.69, 9.17) is 4.74 Å². The number of aromatic nitrogens is 1. The molecule has 1 fully saturated rings. The zero-order valence-electron chi connectivity index (χ0n) is 15.8. The molecular formula is C19H34N4O. The second-order valence-electron chi connectivity index (χ2n) is 7.23. The lowest BCUT2D eigenvalue weighted by atomic mass is 10.1. The van der Waals surface area contributed by atoms with Crippen LogP contribution in [0.1, 0.15) is 38.7 Å². The Morgan fingerprint density at radius 3 is 2.88 bits per heavy atom. The number of pyridine rings is 1. The summed E-state index contributed by atoms with van der Waals surface area (Å²) in [5.74, 6) is 1.06. The molecule has 1 aliphatic heterocycles. The predicted octanol–water partition coefficient (Wildman–Crippen LogP) is 2.52. The van der Waals surface area contributed by atoms with Gasteiger partial charge in [-0.05, 0) is 59.0 Å². The number of hydrogen-bond acceptors (Lipinski definition) is 5. The van der Waals surface area contributed by atoms with Gasteiger partial charge in [-0.3, -0.25) is 0 Å². The summed E-state index contributed by atoms with van der Waals surface area (Å²) in [4.78, 5) is 9.19. The van der Waals surface area contributed by atoms with Crippen LogP contribution in [0.15, 0.2) is 18.3 Å². The number of hydrogen-bond donors (Lipinski definition) is 1. The Balaban J connectivity index is 1.69. The molecule has 2 atom stereocenters. The van der Waals surface area contributed by atoms with Gasteiger partial charge in [0.2, 0.25) is 0 Å². The lowest BCUT2D eigenvalue weighted by molar-refractivity contribution is 0.0529. The van der Waals surface area contributed by atoms with Crippen LogP contribution in [0.5, 0.6) is 0 Å². The van der Waals surface area contributed by atoms with Gasteiger partial charge >= 0.3 is 0 Å². The number of nitrogens with zero attached hydrogens (tertiary/aromatic N) is 3. The van der Waals surface area contributed by atoms with Crippen molar-refractivity contribution in [1.29, 1.82) is 0 Å². The molecule has 0 spiro atoms. The van der Waals surface area contributed by atoms with Crippen molar-refractivity contribution in [3.63, 3.8) is 0 Å². The molecule has 5 nitrogen and oxygen atoms in total. The van der Waals surface area contributed by atoms with Gasteiger partial charge in [-0.25, -0.2) is 4.98 Å². The molecule has 136 valence electrons.